The highest BCUT2D eigenvalue weighted by molar-refractivity contribution is 6.09. The zero-order valence-electron chi connectivity index (χ0n) is 20.9. The molecule has 0 radical (unpaired) electrons. The Kier molecular flexibility index (Phi) is 4.20. The molecule has 40 heavy (non-hydrogen) atoms. The van der Waals surface area contributed by atoms with Gasteiger partial charge in [0.1, 0.15) is 16.6 Å². The number of nitrogens with zero attached hydrogens (tertiary/aromatic N) is 4. The third-order valence-electron chi connectivity index (χ3n) is 7.32. The fraction of sp³-hybridized carbons (Fsp3) is 0. The summed E-state index contributed by atoms with van der Waals surface area (Å²) in [7, 11) is 0. The molecule has 0 fully saturated rings. The number of rotatable bonds is 3. The highest BCUT2D eigenvalue weighted by Gasteiger charge is 2.18. The Hall–Kier alpha value is -5.69. The molecule has 0 unspecified atom stereocenters. The predicted octanol–water partition coefficient (Wildman–Crippen LogP) is 8.54. The molecule has 0 aliphatic carbocycles. The van der Waals surface area contributed by atoms with E-state index < -0.39 is 0 Å². The van der Waals surface area contributed by atoms with Crippen molar-refractivity contribution in [3.05, 3.63) is 109 Å². The summed E-state index contributed by atoms with van der Waals surface area (Å²) in [6, 6.07) is 36.4. The van der Waals surface area contributed by atoms with Crippen molar-refractivity contribution in [3.63, 3.8) is 0 Å². The molecular weight excluding hydrogens is 500 g/mol. The highest BCUT2D eigenvalue weighted by Crippen LogP contribution is 2.34. The van der Waals surface area contributed by atoms with Crippen LogP contribution in [0.3, 0.4) is 0 Å². The summed E-state index contributed by atoms with van der Waals surface area (Å²) in [6.07, 6.45) is 0. The first-order valence-electron chi connectivity index (χ1n) is 12.9. The molecule has 4 aromatic heterocycles. The Morgan fingerprint density at radius 3 is 1.65 bits per heavy atom. The molecular formula is C33H18N4O3. The van der Waals surface area contributed by atoms with E-state index in [2.05, 4.69) is 33.8 Å². The SMILES string of the molecule is c1ccc2oc(-c3ccc4oc(-c5ccc6oc(-n7c8ccccc8c8ccccc87)nc6c5)nc4c3)nc2c1. The zero-order valence-corrected chi connectivity index (χ0v) is 20.9. The van der Waals surface area contributed by atoms with Gasteiger partial charge in [-0.05, 0) is 60.7 Å². The highest BCUT2D eigenvalue weighted by atomic mass is 16.4. The first-order valence-corrected chi connectivity index (χ1v) is 12.9. The Labute approximate surface area is 225 Å². The monoisotopic (exact) mass is 518 g/mol. The van der Waals surface area contributed by atoms with Gasteiger partial charge >= 0.3 is 6.01 Å². The van der Waals surface area contributed by atoms with Crippen molar-refractivity contribution >= 4 is 55.1 Å². The van der Waals surface area contributed by atoms with Crippen LogP contribution in [0.25, 0.3) is 84.0 Å². The number of hydrogen-bond donors (Lipinski definition) is 0. The number of fused-ring (bicyclic) bond motifs is 6. The average molecular weight is 519 g/mol. The van der Waals surface area contributed by atoms with Crippen molar-refractivity contribution in [1.29, 1.82) is 0 Å². The van der Waals surface area contributed by atoms with Crippen LogP contribution in [0.1, 0.15) is 0 Å². The van der Waals surface area contributed by atoms with Crippen LogP contribution in [-0.2, 0) is 0 Å². The third-order valence-corrected chi connectivity index (χ3v) is 7.32. The van der Waals surface area contributed by atoms with E-state index in [-0.39, 0.29) is 0 Å². The number of oxazole rings is 3. The van der Waals surface area contributed by atoms with Gasteiger partial charge in [0.05, 0.1) is 11.0 Å². The van der Waals surface area contributed by atoms with Crippen LogP contribution in [0.15, 0.2) is 122 Å². The summed E-state index contributed by atoms with van der Waals surface area (Å²) < 4.78 is 20.4. The quantitative estimate of drug-likeness (QED) is 0.233. The molecule has 0 aliphatic heterocycles. The van der Waals surface area contributed by atoms with E-state index in [1.54, 1.807) is 0 Å². The normalized spacial score (nSPS) is 12.0. The lowest BCUT2D eigenvalue weighted by Gasteiger charge is -2.00. The average Bonchev–Trinajstić information content (AvgIpc) is 3.78. The zero-order chi connectivity index (χ0) is 26.2. The van der Waals surface area contributed by atoms with Crippen LogP contribution in [0, 0.1) is 0 Å². The van der Waals surface area contributed by atoms with Crippen LogP contribution >= 0.6 is 0 Å². The largest absolute Gasteiger partial charge is 0.436 e. The van der Waals surface area contributed by atoms with E-state index in [1.165, 1.54) is 0 Å². The number of benzene rings is 5. The summed E-state index contributed by atoms with van der Waals surface area (Å²) >= 11 is 0. The summed E-state index contributed by atoms with van der Waals surface area (Å²) in [5.74, 6) is 1.06. The van der Waals surface area contributed by atoms with Crippen LogP contribution in [-0.4, -0.2) is 19.5 Å². The van der Waals surface area contributed by atoms with E-state index in [4.69, 9.17) is 23.2 Å². The third kappa shape index (κ3) is 3.09. The minimum Gasteiger partial charge on any atom is -0.436 e. The maximum atomic E-state index is 6.25. The van der Waals surface area contributed by atoms with E-state index in [0.29, 0.717) is 29.0 Å². The molecule has 0 bridgehead atoms. The molecule has 0 aliphatic rings. The van der Waals surface area contributed by atoms with Gasteiger partial charge in [0.25, 0.3) is 0 Å². The fourth-order valence-corrected chi connectivity index (χ4v) is 5.45. The summed E-state index contributed by atoms with van der Waals surface area (Å²) in [6.45, 7) is 0. The molecule has 0 saturated heterocycles. The Bertz CT molecular complexity index is 2320. The van der Waals surface area contributed by atoms with E-state index >= 15 is 0 Å². The maximum absolute atomic E-state index is 6.25. The minimum absolute atomic E-state index is 0.507. The van der Waals surface area contributed by atoms with E-state index in [9.17, 15) is 0 Å². The second-order valence-electron chi connectivity index (χ2n) is 9.74. The fourth-order valence-electron chi connectivity index (χ4n) is 5.45. The second kappa shape index (κ2) is 7.91. The first kappa shape index (κ1) is 21.3. The van der Waals surface area contributed by atoms with E-state index in [0.717, 1.165) is 55.1 Å². The molecule has 9 rings (SSSR count). The summed E-state index contributed by atoms with van der Waals surface area (Å²) in [5.41, 5.74) is 8.13. The van der Waals surface area contributed by atoms with E-state index in [1.807, 2.05) is 84.9 Å². The smallest absolute Gasteiger partial charge is 0.307 e. The van der Waals surface area contributed by atoms with Crippen LogP contribution in [0.4, 0.5) is 0 Å². The molecule has 0 spiro atoms. The predicted molar refractivity (Wildman–Crippen MR) is 154 cm³/mol. The lowest BCUT2D eigenvalue weighted by atomic mass is 10.2. The molecule has 0 N–H and O–H groups in total. The molecule has 0 saturated carbocycles. The molecule has 9 aromatic rings. The topological polar surface area (TPSA) is 83.0 Å². The Balaban J connectivity index is 1.13. The van der Waals surface area contributed by atoms with Gasteiger partial charge in [-0.3, -0.25) is 4.57 Å². The molecule has 4 heterocycles. The lowest BCUT2D eigenvalue weighted by molar-refractivity contribution is 0.574. The number of aromatic nitrogens is 4. The number of para-hydroxylation sites is 4. The molecule has 0 atom stereocenters. The lowest BCUT2D eigenvalue weighted by Crippen LogP contribution is -1.93. The molecule has 7 heteroatoms. The molecule has 7 nitrogen and oxygen atoms in total. The Morgan fingerprint density at radius 2 is 0.975 bits per heavy atom. The minimum atomic E-state index is 0.507. The molecule has 5 aromatic carbocycles. The van der Waals surface area contributed by atoms with Crippen LogP contribution in [0.2, 0.25) is 0 Å². The van der Waals surface area contributed by atoms with Crippen LogP contribution in [0.5, 0.6) is 0 Å². The standard InChI is InChI=1S/C33H18N4O3/c1-4-10-26-21(7-1)22-8-2-5-11-27(22)37(26)33-36-25-18-20(14-16-30(25)40-33)32-35-24-17-19(13-15-29(24)39-32)31-34-23-9-3-6-12-28(23)38-31/h1-18H. The van der Waals surface area contributed by atoms with Gasteiger partial charge in [-0.15, -0.1) is 0 Å². The van der Waals surface area contributed by atoms with Crippen molar-refractivity contribution < 1.29 is 13.3 Å². The van der Waals surface area contributed by atoms with Gasteiger partial charge in [-0.2, -0.15) is 4.98 Å². The van der Waals surface area contributed by atoms with Gasteiger partial charge in [-0.1, -0.05) is 48.5 Å². The summed E-state index contributed by atoms with van der Waals surface area (Å²) in [5, 5.41) is 2.31. The van der Waals surface area contributed by atoms with Crippen molar-refractivity contribution in [2.75, 3.05) is 0 Å². The van der Waals surface area contributed by atoms with Crippen molar-refractivity contribution in [2.24, 2.45) is 0 Å². The van der Waals surface area contributed by atoms with Crippen LogP contribution < -0.4 is 0 Å². The van der Waals surface area contributed by atoms with Gasteiger partial charge in [0.15, 0.2) is 16.7 Å². The maximum Gasteiger partial charge on any atom is 0.307 e. The Morgan fingerprint density at radius 1 is 0.450 bits per heavy atom. The van der Waals surface area contributed by atoms with Gasteiger partial charge in [0, 0.05) is 21.9 Å². The van der Waals surface area contributed by atoms with Gasteiger partial charge < -0.3 is 13.3 Å². The molecule has 0 amide bonds. The van der Waals surface area contributed by atoms with Crippen molar-refractivity contribution in [1.82, 2.24) is 19.5 Å². The number of hydrogen-bond acceptors (Lipinski definition) is 6. The van der Waals surface area contributed by atoms with Crippen molar-refractivity contribution in [3.8, 4) is 28.9 Å². The second-order valence-corrected chi connectivity index (χ2v) is 9.74. The summed E-state index contributed by atoms with van der Waals surface area (Å²) in [4.78, 5) is 14.2. The van der Waals surface area contributed by atoms with Crippen molar-refractivity contribution in [2.45, 2.75) is 0 Å². The molecule has 188 valence electrons. The van der Waals surface area contributed by atoms with Gasteiger partial charge in [0.2, 0.25) is 11.8 Å². The first-order chi connectivity index (χ1) is 19.8. The van der Waals surface area contributed by atoms with Gasteiger partial charge in [-0.25, -0.2) is 9.97 Å².